The molecule has 1 unspecified atom stereocenters. The van der Waals surface area contributed by atoms with E-state index < -0.39 is 0 Å². The summed E-state index contributed by atoms with van der Waals surface area (Å²) >= 11 is 0. The van der Waals surface area contributed by atoms with E-state index in [1.54, 1.807) is 11.1 Å². The zero-order valence-electron chi connectivity index (χ0n) is 9.60. The molecule has 1 heteroatoms. The van der Waals surface area contributed by atoms with Gasteiger partial charge in [0, 0.05) is 0 Å². The Bertz CT molecular complexity index is 277. The van der Waals surface area contributed by atoms with Crippen LogP contribution in [0.4, 0.5) is 0 Å². The molecule has 0 amide bonds. The Morgan fingerprint density at radius 1 is 1.20 bits per heavy atom. The Balaban J connectivity index is 2.22. The van der Waals surface area contributed by atoms with Crippen molar-refractivity contribution in [3.05, 3.63) is 23.8 Å². The highest BCUT2D eigenvalue weighted by atomic mass is 16.3. The highest BCUT2D eigenvalue weighted by Gasteiger charge is 2.32. The molecule has 1 saturated carbocycles. The maximum Gasteiger partial charge on any atom is 0.0685 e. The van der Waals surface area contributed by atoms with Crippen LogP contribution in [0.2, 0.25) is 0 Å². The quantitative estimate of drug-likeness (QED) is 0.682. The number of rotatable bonds is 2. The fraction of sp³-hybridized carbons (Fsp3) is 0.714. The summed E-state index contributed by atoms with van der Waals surface area (Å²) in [5, 5.41) is 10.4. The van der Waals surface area contributed by atoms with Crippen LogP contribution >= 0.6 is 0 Å². The summed E-state index contributed by atoms with van der Waals surface area (Å²) in [5.41, 5.74) is 2.76. The minimum absolute atomic E-state index is 0.361. The third-order valence-electron chi connectivity index (χ3n) is 3.92. The van der Waals surface area contributed by atoms with Crippen molar-refractivity contribution >= 4 is 0 Å². The molecule has 2 rings (SSSR count). The minimum atomic E-state index is -0.361. The van der Waals surface area contributed by atoms with Gasteiger partial charge in [-0.1, -0.05) is 23.6 Å². The molecule has 0 aliphatic heterocycles. The average Bonchev–Trinajstić information content (AvgIpc) is 2.21. The molecule has 1 atom stereocenters. The molecule has 2 bridgehead atoms. The van der Waals surface area contributed by atoms with Crippen LogP contribution < -0.4 is 0 Å². The van der Waals surface area contributed by atoms with Gasteiger partial charge in [-0.2, -0.15) is 0 Å². The van der Waals surface area contributed by atoms with Crippen molar-refractivity contribution in [2.75, 3.05) is 0 Å². The fourth-order valence-electron chi connectivity index (χ4n) is 3.11. The molecule has 1 N–H and O–H groups in total. The van der Waals surface area contributed by atoms with Gasteiger partial charge in [0.1, 0.15) is 0 Å². The van der Waals surface area contributed by atoms with Crippen LogP contribution in [-0.4, -0.2) is 10.7 Å². The Labute approximate surface area is 92.9 Å². The SMILES string of the molecule is C=CC/C1=C2/CCCC(O)(CCCC1)C2. The molecular weight excluding hydrogens is 184 g/mol. The molecule has 1 fully saturated rings. The molecular formula is C14H22O. The van der Waals surface area contributed by atoms with Gasteiger partial charge in [0.2, 0.25) is 0 Å². The van der Waals surface area contributed by atoms with Crippen molar-refractivity contribution in [3.8, 4) is 0 Å². The second-order valence-corrected chi connectivity index (χ2v) is 5.16. The maximum atomic E-state index is 10.4. The third-order valence-corrected chi connectivity index (χ3v) is 3.92. The van der Waals surface area contributed by atoms with Gasteiger partial charge < -0.3 is 5.11 Å². The first kappa shape index (κ1) is 10.9. The smallest absolute Gasteiger partial charge is 0.0685 e. The molecule has 0 spiro atoms. The molecule has 0 aromatic rings. The summed E-state index contributed by atoms with van der Waals surface area (Å²) < 4.78 is 0. The van der Waals surface area contributed by atoms with Crippen molar-refractivity contribution in [1.29, 1.82) is 0 Å². The average molecular weight is 206 g/mol. The van der Waals surface area contributed by atoms with E-state index in [0.717, 1.165) is 25.7 Å². The summed E-state index contributed by atoms with van der Waals surface area (Å²) in [6.45, 7) is 3.84. The van der Waals surface area contributed by atoms with Crippen LogP contribution in [0.25, 0.3) is 0 Å². The Hall–Kier alpha value is -0.560. The number of hydrogen-bond donors (Lipinski definition) is 1. The van der Waals surface area contributed by atoms with E-state index in [2.05, 4.69) is 6.58 Å². The fourth-order valence-corrected chi connectivity index (χ4v) is 3.11. The standard InChI is InChI=1S/C14H22O/c1-2-6-12-7-3-4-9-14(15)10-5-8-13(12)11-14/h2,15H,1,3-11H2/b13-12+. The molecule has 1 nitrogen and oxygen atoms in total. The summed E-state index contributed by atoms with van der Waals surface area (Å²) in [5.74, 6) is 0. The zero-order chi connectivity index (χ0) is 10.7. The van der Waals surface area contributed by atoms with E-state index in [0.29, 0.717) is 0 Å². The molecule has 0 heterocycles. The molecule has 15 heavy (non-hydrogen) atoms. The van der Waals surface area contributed by atoms with Crippen LogP contribution in [0.1, 0.15) is 57.8 Å². The summed E-state index contributed by atoms with van der Waals surface area (Å²) in [6.07, 6.45) is 12.1. The lowest BCUT2D eigenvalue weighted by Crippen LogP contribution is -2.33. The van der Waals surface area contributed by atoms with E-state index in [-0.39, 0.29) is 5.60 Å². The van der Waals surface area contributed by atoms with Crippen molar-refractivity contribution in [1.82, 2.24) is 0 Å². The molecule has 2 aliphatic carbocycles. The van der Waals surface area contributed by atoms with E-state index in [4.69, 9.17) is 0 Å². The van der Waals surface area contributed by atoms with Gasteiger partial charge in [0.05, 0.1) is 5.60 Å². The second-order valence-electron chi connectivity index (χ2n) is 5.16. The Morgan fingerprint density at radius 2 is 2.00 bits per heavy atom. The van der Waals surface area contributed by atoms with Gasteiger partial charge in [-0.15, -0.1) is 6.58 Å². The Kier molecular flexibility index (Phi) is 3.30. The zero-order valence-corrected chi connectivity index (χ0v) is 9.60. The normalized spacial score (nSPS) is 36.9. The first-order valence-electron chi connectivity index (χ1n) is 6.26. The molecule has 0 saturated heterocycles. The number of hydrogen-bond acceptors (Lipinski definition) is 1. The predicted molar refractivity (Wildman–Crippen MR) is 63.7 cm³/mol. The molecule has 0 radical (unpaired) electrons. The topological polar surface area (TPSA) is 20.2 Å². The highest BCUT2D eigenvalue weighted by molar-refractivity contribution is 5.22. The monoisotopic (exact) mass is 206 g/mol. The molecule has 84 valence electrons. The second kappa shape index (κ2) is 4.52. The van der Waals surface area contributed by atoms with E-state index >= 15 is 0 Å². The van der Waals surface area contributed by atoms with Crippen LogP contribution in [0.15, 0.2) is 23.8 Å². The van der Waals surface area contributed by atoms with Crippen LogP contribution in [0.3, 0.4) is 0 Å². The van der Waals surface area contributed by atoms with Crippen molar-refractivity contribution < 1.29 is 5.11 Å². The van der Waals surface area contributed by atoms with Crippen LogP contribution in [0, 0.1) is 0 Å². The lowest BCUT2D eigenvalue weighted by Gasteiger charge is -2.36. The van der Waals surface area contributed by atoms with Gasteiger partial charge in [-0.05, 0) is 51.4 Å². The van der Waals surface area contributed by atoms with E-state index in [9.17, 15) is 5.11 Å². The predicted octanol–water partition coefficient (Wildman–Crippen LogP) is 3.74. The lowest BCUT2D eigenvalue weighted by atomic mass is 9.74. The third kappa shape index (κ3) is 2.52. The summed E-state index contributed by atoms with van der Waals surface area (Å²) in [4.78, 5) is 0. The van der Waals surface area contributed by atoms with Gasteiger partial charge >= 0.3 is 0 Å². The first-order chi connectivity index (χ1) is 7.23. The van der Waals surface area contributed by atoms with Crippen molar-refractivity contribution in [2.45, 2.75) is 63.4 Å². The number of allylic oxidation sites excluding steroid dienone is 2. The van der Waals surface area contributed by atoms with Crippen LogP contribution in [0.5, 0.6) is 0 Å². The molecule has 0 aromatic heterocycles. The van der Waals surface area contributed by atoms with Gasteiger partial charge in [-0.3, -0.25) is 0 Å². The number of fused-ring (bicyclic) bond motifs is 2. The van der Waals surface area contributed by atoms with E-state index in [1.165, 1.54) is 32.1 Å². The summed E-state index contributed by atoms with van der Waals surface area (Å²) in [6, 6.07) is 0. The van der Waals surface area contributed by atoms with Gasteiger partial charge in [-0.25, -0.2) is 0 Å². The highest BCUT2D eigenvalue weighted by Crippen LogP contribution is 2.40. The number of aliphatic hydroxyl groups is 1. The molecule has 0 aromatic carbocycles. The largest absolute Gasteiger partial charge is 0.390 e. The van der Waals surface area contributed by atoms with Gasteiger partial charge in [0.25, 0.3) is 0 Å². The van der Waals surface area contributed by atoms with Crippen LogP contribution in [-0.2, 0) is 0 Å². The van der Waals surface area contributed by atoms with Gasteiger partial charge in [0.15, 0.2) is 0 Å². The minimum Gasteiger partial charge on any atom is -0.390 e. The first-order valence-corrected chi connectivity index (χ1v) is 6.26. The van der Waals surface area contributed by atoms with Crippen molar-refractivity contribution in [3.63, 3.8) is 0 Å². The van der Waals surface area contributed by atoms with Crippen molar-refractivity contribution in [2.24, 2.45) is 0 Å². The Morgan fingerprint density at radius 3 is 2.80 bits per heavy atom. The maximum absolute atomic E-state index is 10.4. The van der Waals surface area contributed by atoms with E-state index in [1.807, 2.05) is 6.08 Å². The lowest BCUT2D eigenvalue weighted by molar-refractivity contribution is 0.00716. The summed E-state index contributed by atoms with van der Waals surface area (Å²) in [7, 11) is 0. The molecule has 2 aliphatic rings.